The van der Waals surface area contributed by atoms with Crippen molar-refractivity contribution in [2.75, 3.05) is 26.8 Å². The molecule has 2 aliphatic rings. The van der Waals surface area contributed by atoms with Crippen molar-refractivity contribution < 1.29 is 19.2 Å². The quantitative estimate of drug-likeness (QED) is 0.590. The van der Waals surface area contributed by atoms with Crippen LogP contribution in [0.4, 0.5) is 5.69 Å². The van der Waals surface area contributed by atoms with E-state index in [1.165, 1.54) is 38.5 Å². The monoisotopic (exact) mass is 362 g/mol. The van der Waals surface area contributed by atoms with Crippen molar-refractivity contribution in [3.05, 3.63) is 27.8 Å². The smallest absolute Gasteiger partial charge is 0.286 e. The maximum atomic E-state index is 13.1. The van der Waals surface area contributed by atoms with E-state index >= 15 is 0 Å². The van der Waals surface area contributed by atoms with Crippen molar-refractivity contribution in [1.29, 1.82) is 0 Å². The van der Waals surface area contributed by atoms with Crippen molar-refractivity contribution in [3.8, 4) is 11.5 Å². The number of amides is 1. The van der Waals surface area contributed by atoms with Crippen LogP contribution in [-0.4, -0.2) is 42.5 Å². The summed E-state index contributed by atoms with van der Waals surface area (Å²) in [6.07, 6.45) is 5.85. The second-order valence-electron chi connectivity index (χ2n) is 7.05. The minimum Gasteiger partial charge on any atom is -0.493 e. The van der Waals surface area contributed by atoms with Crippen LogP contribution in [0.5, 0.6) is 11.5 Å². The highest BCUT2D eigenvalue weighted by atomic mass is 16.6. The second-order valence-corrected chi connectivity index (χ2v) is 7.05. The Morgan fingerprint density at radius 2 is 1.96 bits per heavy atom. The molecule has 7 nitrogen and oxygen atoms in total. The maximum absolute atomic E-state index is 13.1. The molecular formula is C19H26N2O5. The molecule has 0 aromatic heterocycles. The normalized spacial score (nSPS) is 22.5. The van der Waals surface area contributed by atoms with Crippen LogP contribution in [-0.2, 0) is 0 Å². The number of hydrogen-bond donors (Lipinski definition) is 0. The number of carbonyl (C=O) groups excluding carboxylic acids is 1. The molecule has 2 atom stereocenters. The third-order valence-corrected chi connectivity index (χ3v) is 5.59. The molecule has 1 aromatic rings. The van der Waals surface area contributed by atoms with Gasteiger partial charge in [-0.1, -0.05) is 19.3 Å². The van der Waals surface area contributed by atoms with Gasteiger partial charge in [0.1, 0.15) is 5.56 Å². The first kappa shape index (κ1) is 18.5. The standard InChI is InChI=1S/C19H26N2O5/c1-3-26-18-10-15(16(21(23)24)11-17(18)25-2)19(22)20-9-8-13-6-4-5-7-14(13)12-20/h10-11,13-14H,3-9,12H2,1-2H3/t13-,14-/m1/s1. The number of nitrogens with zero attached hydrogens (tertiary/aromatic N) is 2. The number of nitro benzene ring substituents is 1. The minimum atomic E-state index is -0.529. The summed E-state index contributed by atoms with van der Waals surface area (Å²) in [6.45, 7) is 3.55. The number of likely N-dealkylation sites (tertiary alicyclic amines) is 1. The molecule has 1 heterocycles. The van der Waals surface area contributed by atoms with E-state index in [0.717, 1.165) is 12.8 Å². The maximum Gasteiger partial charge on any atom is 0.286 e. The zero-order chi connectivity index (χ0) is 18.7. The number of hydrogen-bond acceptors (Lipinski definition) is 5. The van der Waals surface area contributed by atoms with Gasteiger partial charge >= 0.3 is 0 Å². The first-order valence-electron chi connectivity index (χ1n) is 9.33. The van der Waals surface area contributed by atoms with Crippen molar-refractivity contribution in [3.63, 3.8) is 0 Å². The Bertz CT molecular complexity index is 691. The van der Waals surface area contributed by atoms with Crippen LogP contribution in [0.3, 0.4) is 0 Å². The van der Waals surface area contributed by atoms with Gasteiger partial charge in [-0.2, -0.15) is 0 Å². The molecule has 7 heteroatoms. The van der Waals surface area contributed by atoms with Crippen LogP contribution in [0.2, 0.25) is 0 Å². The van der Waals surface area contributed by atoms with E-state index in [4.69, 9.17) is 9.47 Å². The largest absolute Gasteiger partial charge is 0.493 e. The number of ether oxygens (including phenoxy) is 2. The summed E-state index contributed by atoms with van der Waals surface area (Å²) in [7, 11) is 1.43. The fourth-order valence-electron chi connectivity index (χ4n) is 4.26. The van der Waals surface area contributed by atoms with E-state index in [-0.39, 0.29) is 22.9 Å². The van der Waals surface area contributed by atoms with Gasteiger partial charge in [-0.3, -0.25) is 14.9 Å². The van der Waals surface area contributed by atoms with Gasteiger partial charge in [0.05, 0.1) is 24.7 Å². The molecule has 142 valence electrons. The SMILES string of the molecule is CCOc1cc(C(=O)N2CC[C@H]3CCCC[C@@H]3C2)c([N+](=O)[O-])cc1OC. The van der Waals surface area contributed by atoms with Crippen LogP contribution in [0, 0.1) is 22.0 Å². The summed E-state index contributed by atoms with van der Waals surface area (Å²) in [5.74, 6) is 1.55. The lowest BCUT2D eigenvalue weighted by molar-refractivity contribution is -0.385. The summed E-state index contributed by atoms with van der Waals surface area (Å²) in [5.41, 5.74) is -0.158. The molecule has 0 spiro atoms. The predicted molar refractivity (Wildman–Crippen MR) is 96.8 cm³/mol. The molecular weight excluding hydrogens is 336 g/mol. The Balaban J connectivity index is 1.89. The third-order valence-electron chi connectivity index (χ3n) is 5.59. The molecule has 0 N–H and O–H groups in total. The van der Waals surface area contributed by atoms with Crippen LogP contribution in [0.25, 0.3) is 0 Å². The van der Waals surface area contributed by atoms with Crippen LogP contribution < -0.4 is 9.47 Å². The van der Waals surface area contributed by atoms with Gasteiger partial charge in [-0.15, -0.1) is 0 Å². The summed E-state index contributed by atoms with van der Waals surface area (Å²) in [5, 5.41) is 11.5. The molecule has 0 unspecified atom stereocenters. The lowest BCUT2D eigenvalue weighted by atomic mass is 9.75. The van der Waals surface area contributed by atoms with Gasteiger partial charge in [0.25, 0.3) is 11.6 Å². The van der Waals surface area contributed by atoms with E-state index < -0.39 is 4.92 Å². The highest BCUT2D eigenvalue weighted by Crippen LogP contribution is 2.39. The highest BCUT2D eigenvalue weighted by molar-refractivity contribution is 5.99. The van der Waals surface area contributed by atoms with E-state index in [0.29, 0.717) is 37.3 Å². The zero-order valence-corrected chi connectivity index (χ0v) is 15.4. The van der Waals surface area contributed by atoms with Crippen molar-refractivity contribution in [2.24, 2.45) is 11.8 Å². The lowest BCUT2D eigenvalue weighted by Crippen LogP contribution is -2.44. The Morgan fingerprint density at radius 1 is 1.23 bits per heavy atom. The van der Waals surface area contributed by atoms with Crippen LogP contribution >= 0.6 is 0 Å². The molecule has 2 fully saturated rings. The Morgan fingerprint density at radius 3 is 2.62 bits per heavy atom. The molecule has 1 aliphatic heterocycles. The number of fused-ring (bicyclic) bond motifs is 1. The number of methoxy groups -OCH3 is 1. The predicted octanol–water partition coefficient (Wildman–Crippen LogP) is 3.65. The van der Waals surface area contributed by atoms with Gasteiger partial charge in [0, 0.05) is 19.2 Å². The number of benzene rings is 1. The first-order valence-corrected chi connectivity index (χ1v) is 9.33. The second kappa shape index (κ2) is 7.93. The van der Waals surface area contributed by atoms with Crippen LogP contribution in [0.1, 0.15) is 49.4 Å². The Labute approximate surface area is 153 Å². The molecule has 26 heavy (non-hydrogen) atoms. The Kier molecular flexibility index (Phi) is 5.64. The molecule has 1 amide bonds. The number of nitro groups is 1. The molecule has 1 saturated heterocycles. The first-order chi connectivity index (χ1) is 12.5. The molecule has 1 aliphatic carbocycles. The highest BCUT2D eigenvalue weighted by Gasteiger charge is 2.35. The molecule has 1 saturated carbocycles. The zero-order valence-electron chi connectivity index (χ0n) is 15.4. The topological polar surface area (TPSA) is 81.9 Å². The van der Waals surface area contributed by atoms with Gasteiger partial charge in [-0.25, -0.2) is 0 Å². The number of piperidine rings is 1. The molecule has 0 radical (unpaired) electrons. The van der Waals surface area contributed by atoms with Gasteiger partial charge < -0.3 is 14.4 Å². The van der Waals surface area contributed by atoms with E-state index in [2.05, 4.69) is 0 Å². The van der Waals surface area contributed by atoms with Gasteiger partial charge in [0.2, 0.25) is 0 Å². The summed E-state index contributed by atoms with van der Waals surface area (Å²) < 4.78 is 10.7. The van der Waals surface area contributed by atoms with Gasteiger partial charge in [0.15, 0.2) is 11.5 Å². The van der Waals surface area contributed by atoms with E-state index in [1.54, 1.807) is 4.90 Å². The number of rotatable bonds is 5. The summed E-state index contributed by atoms with van der Waals surface area (Å²) in [6, 6.07) is 2.74. The fourth-order valence-corrected chi connectivity index (χ4v) is 4.26. The van der Waals surface area contributed by atoms with Crippen molar-refractivity contribution in [2.45, 2.75) is 39.0 Å². The Hall–Kier alpha value is -2.31. The molecule has 3 rings (SSSR count). The summed E-state index contributed by atoms with van der Waals surface area (Å²) >= 11 is 0. The van der Waals surface area contributed by atoms with Gasteiger partial charge in [-0.05, 0) is 31.6 Å². The van der Waals surface area contributed by atoms with E-state index in [1.807, 2.05) is 6.92 Å². The third kappa shape index (κ3) is 3.61. The van der Waals surface area contributed by atoms with E-state index in [9.17, 15) is 14.9 Å². The lowest BCUT2D eigenvalue weighted by Gasteiger charge is -2.41. The van der Waals surface area contributed by atoms with Crippen LogP contribution in [0.15, 0.2) is 12.1 Å². The molecule has 0 bridgehead atoms. The van der Waals surface area contributed by atoms with Crippen molar-refractivity contribution in [1.82, 2.24) is 4.90 Å². The average molecular weight is 362 g/mol. The average Bonchev–Trinajstić information content (AvgIpc) is 2.66. The summed E-state index contributed by atoms with van der Waals surface area (Å²) in [4.78, 5) is 25.8. The van der Waals surface area contributed by atoms with Crippen molar-refractivity contribution >= 4 is 11.6 Å². The number of carbonyl (C=O) groups is 1. The minimum absolute atomic E-state index is 0.0773. The molecule has 1 aromatic carbocycles. The fraction of sp³-hybridized carbons (Fsp3) is 0.632.